The average Bonchev–Trinajstić information content (AvgIpc) is 2.80. The van der Waals surface area contributed by atoms with E-state index in [0.29, 0.717) is 23.9 Å². The molecular formula is C15H29N3O2S. The van der Waals surface area contributed by atoms with Gasteiger partial charge >= 0.3 is 0 Å². The molecule has 122 valence electrons. The van der Waals surface area contributed by atoms with Gasteiger partial charge in [0.2, 0.25) is 10.0 Å². The van der Waals surface area contributed by atoms with E-state index >= 15 is 0 Å². The van der Waals surface area contributed by atoms with E-state index < -0.39 is 10.0 Å². The first-order chi connectivity index (χ1) is 9.90. The third-order valence-electron chi connectivity index (χ3n) is 3.34. The fourth-order valence-corrected chi connectivity index (χ4v) is 3.39. The second-order valence-corrected chi connectivity index (χ2v) is 7.59. The van der Waals surface area contributed by atoms with Gasteiger partial charge in [-0.3, -0.25) is 0 Å². The summed E-state index contributed by atoms with van der Waals surface area (Å²) in [5.41, 5.74) is 1.00. The predicted octanol–water partition coefficient (Wildman–Crippen LogP) is 2.33. The zero-order valence-electron chi connectivity index (χ0n) is 13.6. The highest BCUT2D eigenvalue weighted by Gasteiger charge is 2.17. The van der Waals surface area contributed by atoms with Gasteiger partial charge in [-0.1, -0.05) is 20.8 Å². The molecule has 2 N–H and O–H groups in total. The van der Waals surface area contributed by atoms with Crippen molar-refractivity contribution < 1.29 is 8.42 Å². The third kappa shape index (κ3) is 5.80. The molecular weight excluding hydrogens is 286 g/mol. The van der Waals surface area contributed by atoms with Crippen molar-refractivity contribution in [2.24, 2.45) is 5.92 Å². The number of nitrogens with zero attached hydrogens (tertiary/aromatic N) is 1. The molecule has 1 aromatic rings. The Hall–Kier alpha value is -0.850. The number of aryl methyl sites for hydroxylation is 1. The van der Waals surface area contributed by atoms with Gasteiger partial charge in [0, 0.05) is 31.5 Å². The molecule has 0 saturated heterocycles. The normalized spacial score (nSPS) is 12.2. The molecule has 1 aromatic heterocycles. The summed E-state index contributed by atoms with van der Waals surface area (Å²) in [6.45, 7) is 8.37. The summed E-state index contributed by atoms with van der Waals surface area (Å²) in [7, 11) is -1.53. The number of rotatable bonds is 10. The quantitative estimate of drug-likeness (QED) is 0.651. The monoisotopic (exact) mass is 315 g/mol. The number of hydrogen-bond acceptors (Lipinski definition) is 3. The highest BCUT2D eigenvalue weighted by Crippen LogP contribution is 2.15. The lowest BCUT2D eigenvalue weighted by Crippen LogP contribution is -2.24. The van der Waals surface area contributed by atoms with E-state index in [4.69, 9.17) is 0 Å². The van der Waals surface area contributed by atoms with Crippen LogP contribution >= 0.6 is 0 Å². The van der Waals surface area contributed by atoms with Crippen LogP contribution in [0.1, 0.15) is 45.7 Å². The van der Waals surface area contributed by atoms with Crippen molar-refractivity contribution in [1.29, 1.82) is 0 Å². The number of sulfonamides is 1. The number of hydrogen-bond donors (Lipinski definition) is 2. The van der Waals surface area contributed by atoms with E-state index in [2.05, 4.69) is 30.8 Å². The molecule has 0 radical (unpaired) electrons. The topological polar surface area (TPSA) is 63.1 Å². The molecule has 0 spiro atoms. The van der Waals surface area contributed by atoms with Crippen molar-refractivity contribution >= 4 is 10.0 Å². The summed E-state index contributed by atoms with van der Waals surface area (Å²) < 4.78 is 29.3. The Kier molecular flexibility index (Phi) is 7.42. The lowest BCUT2D eigenvalue weighted by molar-refractivity contribution is 0.539. The fourth-order valence-electron chi connectivity index (χ4n) is 2.25. The second-order valence-electron chi connectivity index (χ2n) is 5.82. The van der Waals surface area contributed by atoms with Crippen LogP contribution in [0.5, 0.6) is 0 Å². The highest BCUT2D eigenvalue weighted by atomic mass is 32.2. The van der Waals surface area contributed by atoms with Crippen molar-refractivity contribution in [2.45, 2.75) is 58.0 Å². The van der Waals surface area contributed by atoms with Gasteiger partial charge in [0.05, 0.1) is 4.90 Å². The summed E-state index contributed by atoms with van der Waals surface area (Å²) in [6, 6.07) is 1.76. The van der Waals surface area contributed by atoms with Crippen LogP contribution < -0.4 is 10.0 Å². The van der Waals surface area contributed by atoms with E-state index in [-0.39, 0.29) is 0 Å². The number of aromatic nitrogens is 1. The molecule has 6 heteroatoms. The molecule has 0 aromatic carbocycles. The zero-order chi connectivity index (χ0) is 15.9. The van der Waals surface area contributed by atoms with Crippen molar-refractivity contribution in [3.05, 3.63) is 18.0 Å². The summed E-state index contributed by atoms with van der Waals surface area (Å²) in [5, 5.41) is 3.08. The van der Waals surface area contributed by atoms with E-state index in [1.807, 2.05) is 11.6 Å². The van der Waals surface area contributed by atoms with Crippen LogP contribution in [0.15, 0.2) is 17.2 Å². The lowest BCUT2D eigenvalue weighted by atomic mass is 10.1. The Morgan fingerprint density at radius 2 is 2.05 bits per heavy atom. The second kappa shape index (κ2) is 8.56. The van der Waals surface area contributed by atoms with Crippen LogP contribution in [-0.2, 0) is 23.1 Å². The maximum Gasteiger partial charge on any atom is 0.242 e. The lowest BCUT2D eigenvalue weighted by Gasteiger charge is -2.07. The third-order valence-corrected chi connectivity index (χ3v) is 4.77. The van der Waals surface area contributed by atoms with Crippen LogP contribution in [0.4, 0.5) is 0 Å². The van der Waals surface area contributed by atoms with Crippen LogP contribution in [0, 0.1) is 5.92 Å². The Morgan fingerprint density at radius 1 is 1.33 bits per heavy atom. The van der Waals surface area contributed by atoms with Gasteiger partial charge in [-0.15, -0.1) is 0 Å². The van der Waals surface area contributed by atoms with Gasteiger partial charge in [-0.25, -0.2) is 13.1 Å². The van der Waals surface area contributed by atoms with Crippen LogP contribution in [0.3, 0.4) is 0 Å². The maximum absolute atomic E-state index is 12.3. The maximum atomic E-state index is 12.3. The van der Waals surface area contributed by atoms with Crippen LogP contribution in [0.25, 0.3) is 0 Å². The molecule has 1 heterocycles. The Bertz CT molecular complexity index is 498. The predicted molar refractivity (Wildman–Crippen MR) is 86.7 cm³/mol. The molecule has 0 aliphatic rings. The van der Waals surface area contributed by atoms with Crippen molar-refractivity contribution in [1.82, 2.24) is 14.6 Å². The molecule has 1 rings (SSSR count). The van der Waals surface area contributed by atoms with Crippen molar-refractivity contribution in [2.75, 3.05) is 13.6 Å². The van der Waals surface area contributed by atoms with Gasteiger partial charge in [-0.2, -0.15) is 0 Å². The van der Waals surface area contributed by atoms with Gasteiger partial charge in [-0.05, 0) is 38.3 Å². The summed E-state index contributed by atoms with van der Waals surface area (Å²) in [5.74, 6) is 0.599. The van der Waals surface area contributed by atoms with Gasteiger partial charge in [0.1, 0.15) is 0 Å². The van der Waals surface area contributed by atoms with E-state index in [9.17, 15) is 8.42 Å². The minimum absolute atomic E-state index is 0.366. The molecule has 0 saturated carbocycles. The first kappa shape index (κ1) is 18.2. The molecule has 0 unspecified atom stereocenters. The Morgan fingerprint density at radius 3 is 2.62 bits per heavy atom. The standard InChI is InChI=1S/C15H29N3O2S/c1-5-9-18-12-15(10-14(18)11-16-4)21(19,20)17-8-6-7-13(2)3/h10,12-13,16-17H,5-9,11H2,1-4H3. The fraction of sp³-hybridized carbons (Fsp3) is 0.733. The first-order valence-electron chi connectivity index (χ1n) is 7.74. The minimum atomic E-state index is -3.40. The molecule has 0 aliphatic carbocycles. The molecule has 0 aliphatic heterocycles. The molecule has 5 nitrogen and oxygen atoms in total. The summed E-state index contributed by atoms with van der Waals surface area (Å²) in [4.78, 5) is 0.366. The smallest absolute Gasteiger partial charge is 0.242 e. The van der Waals surface area contributed by atoms with Gasteiger partial charge < -0.3 is 9.88 Å². The van der Waals surface area contributed by atoms with E-state index in [0.717, 1.165) is 31.5 Å². The number of nitrogens with one attached hydrogen (secondary N) is 2. The molecule has 0 amide bonds. The average molecular weight is 315 g/mol. The molecule has 21 heavy (non-hydrogen) atoms. The van der Waals surface area contributed by atoms with Crippen LogP contribution in [-0.4, -0.2) is 26.6 Å². The molecule has 0 atom stereocenters. The largest absolute Gasteiger partial charge is 0.349 e. The zero-order valence-corrected chi connectivity index (χ0v) is 14.5. The Labute approximate surface area is 129 Å². The molecule has 0 bridgehead atoms. The van der Waals surface area contributed by atoms with Gasteiger partial charge in [0.15, 0.2) is 0 Å². The highest BCUT2D eigenvalue weighted by molar-refractivity contribution is 7.89. The summed E-state index contributed by atoms with van der Waals surface area (Å²) in [6.07, 6.45) is 4.62. The van der Waals surface area contributed by atoms with Crippen LogP contribution in [0.2, 0.25) is 0 Å². The van der Waals surface area contributed by atoms with Crippen molar-refractivity contribution in [3.8, 4) is 0 Å². The van der Waals surface area contributed by atoms with E-state index in [1.54, 1.807) is 12.3 Å². The SMILES string of the molecule is CCCn1cc(S(=O)(=O)NCCCC(C)C)cc1CNC. The Balaban J connectivity index is 2.75. The first-order valence-corrected chi connectivity index (χ1v) is 9.22. The molecule has 0 fully saturated rings. The minimum Gasteiger partial charge on any atom is -0.349 e. The van der Waals surface area contributed by atoms with E-state index in [1.165, 1.54) is 0 Å². The van der Waals surface area contributed by atoms with Crippen molar-refractivity contribution in [3.63, 3.8) is 0 Å². The van der Waals surface area contributed by atoms with Gasteiger partial charge in [0.25, 0.3) is 0 Å². The summed E-state index contributed by atoms with van der Waals surface area (Å²) >= 11 is 0.